The van der Waals surface area contributed by atoms with Crippen molar-refractivity contribution in [1.82, 2.24) is 10.6 Å². The van der Waals surface area contributed by atoms with Crippen molar-refractivity contribution < 1.29 is 14.4 Å². The highest BCUT2D eigenvalue weighted by Crippen LogP contribution is 2.02. The van der Waals surface area contributed by atoms with Crippen LogP contribution in [0, 0.1) is 0 Å². The van der Waals surface area contributed by atoms with Crippen LogP contribution in [0.25, 0.3) is 0 Å². The van der Waals surface area contributed by atoms with Crippen LogP contribution in [0.15, 0.2) is 36.0 Å². The summed E-state index contributed by atoms with van der Waals surface area (Å²) in [5.74, 6) is 1.50. The minimum atomic E-state index is -0.0933. The summed E-state index contributed by atoms with van der Waals surface area (Å²) in [7, 11) is 0. The Bertz CT molecular complexity index is 465. The van der Waals surface area contributed by atoms with E-state index >= 15 is 0 Å². The Morgan fingerprint density at radius 1 is 1.11 bits per heavy atom. The molecule has 5 nitrogen and oxygen atoms in total. The third-order valence-electron chi connectivity index (χ3n) is 2.49. The molecule has 0 spiro atoms. The molecule has 0 unspecified atom stereocenters. The maximum absolute atomic E-state index is 11.5. The zero-order valence-corrected chi connectivity index (χ0v) is 10.4. The van der Waals surface area contributed by atoms with Crippen molar-refractivity contribution in [3.63, 3.8) is 0 Å². The maximum Gasteiger partial charge on any atom is 0.314 e. The molecule has 2 amide bonds. The smallest absolute Gasteiger partial charge is 0.314 e. The highest BCUT2D eigenvalue weighted by Gasteiger charge is 2.03. The molecule has 0 aromatic heterocycles. The number of hydrogen-bond donors (Lipinski definition) is 2. The van der Waals surface area contributed by atoms with Crippen molar-refractivity contribution in [3.05, 3.63) is 41.6 Å². The fraction of sp³-hybridized carbons (Fsp3) is 0.286. The molecule has 1 aromatic carbocycles. The van der Waals surface area contributed by atoms with Crippen molar-refractivity contribution in [2.75, 3.05) is 0 Å². The fourth-order valence-corrected chi connectivity index (χ4v) is 1.51. The Morgan fingerprint density at radius 3 is 2.47 bits per heavy atom. The molecule has 0 heterocycles. The first-order valence-electron chi connectivity index (χ1n) is 5.94. The van der Waals surface area contributed by atoms with Gasteiger partial charge in [-0.15, -0.1) is 0 Å². The van der Waals surface area contributed by atoms with Gasteiger partial charge in [0.25, 0.3) is 0 Å². The number of carbonyl (C=O) groups is 1. The van der Waals surface area contributed by atoms with Gasteiger partial charge < -0.3 is 10.6 Å². The molecule has 0 bridgehead atoms. The molecule has 1 aromatic rings. The Balaban J connectivity index is 2.21. The molecule has 0 aliphatic rings. The Morgan fingerprint density at radius 2 is 1.84 bits per heavy atom. The van der Waals surface area contributed by atoms with Crippen LogP contribution in [0.2, 0.25) is 0 Å². The molecule has 2 N–H and O–H groups in total. The van der Waals surface area contributed by atoms with Crippen LogP contribution in [-0.4, -0.2) is 18.3 Å². The van der Waals surface area contributed by atoms with E-state index in [1.165, 1.54) is 6.41 Å². The number of hydrogen-bond acceptors (Lipinski definition) is 3. The Kier molecular flexibility index (Phi) is 6.69. The summed E-state index contributed by atoms with van der Waals surface area (Å²) < 4.78 is 0. The Labute approximate surface area is 111 Å². The first kappa shape index (κ1) is 14.7. The van der Waals surface area contributed by atoms with Crippen LogP contribution in [0.3, 0.4) is 0 Å². The van der Waals surface area contributed by atoms with Gasteiger partial charge in [0.1, 0.15) is 11.6 Å². The standard InChI is InChI=1S/C14H15N2O3/c17-10-13(16-11-18)7-4-8-14(19)15-9-12-5-2-1-3-6-12/h1-3,5-6H,4,7-9H2,(H,15,19)(H,16,18). The van der Waals surface area contributed by atoms with E-state index in [9.17, 15) is 14.4 Å². The van der Waals surface area contributed by atoms with Crippen LogP contribution in [-0.2, 0) is 20.9 Å². The molecular weight excluding hydrogens is 244 g/mol. The molecule has 5 heteroatoms. The summed E-state index contributed by atoms with van der Waals surface area (Å²) in [6, 6.07) is 9.58. The molecule has 0 aliphatic heterocycles. The lowest BCUT2D eigenvalue weighted by Crippen LogP contribution is -2.22. The molecule has 0 atom stereocenters. The molecule has 0 saturated carbocycles. The van der Waals surface area contributed by atoms with E-state index in [-0.39, 0.29) is 11.6 Å². The zero-order valence-electron chi connectivity index (χ0n) is 10.4. The number of carbonyl (C=O) groups excluding carboxylic acids is 3. The van der Waals surface area contributed by atoms with Crippen molar-refractivity contribution in [2.24, 2.45) is 0 Å². The lowest BCUT2D eigenvalue weighted by Gasteiger charge is -2.05. The average Bonchev–Trinajstić information content (AvgIpc) is 2.45. The van der Waals surface area contributed by atoms with Crippen molar-refractivity contribution in [2.45, 2.75) is 25.8 Å². The van der Waals surface area contributed by atoms with Crippen LogP contribution >= 0.6 is 0 Å². The van der Waals surface area contributed by atoms with Gasteiger partial charge in [-0.25, -0.2) is 4.79 Å². The molecule has 1 radical (unpaired) electrons. The van der Waals surface area contributed by atoms with Crippen LogP contribution in [0.5, 0.6) is 0 Å². The Hall–Kier alpha value is -2.39. The minimum Gasteiger partial charge on any atom is -0.352 e. The molecule has 0 aliphatic carbocycles. The normalized spacial score (nSPS) is 9.26. The number of benzene rings is 1. The number of rotatable bonds is 8. The average molecular weight is 259 g/mol. The minimum absolute atomic E-state index is 0.0933. The SMILES string of the molecule is O=[C]NC(=C=O)CCCC(=O)NCc1ccccc1. The molecule has 0 saturated heterocycles. The van der Waals surface area contributed by atoms with E-state index in [4.69, 9.17) is 0 Å². The van der Waals surface area contributed by atoms with Gasteiger partial charge in [0.05, 0.1) is 0 Å². The summed E-state index contributed by atoms with van der Waals surface area (Å²) in [4.78, 5) is 31.9. The second-order valence-corrected chi connectivity index (χ2v) is 3.92. The van der Waals surface area contributed by atoms with Crippen molar-refractivity contribution >= 4 is 18.3 Å². The summed E-state index contributed by atoms with van der Waals surface area (Å²) >= 11 is 0. The van der Waals surface area contributed by atoms with Gasteiger partial charge in [-0.2, -0.15) is 0 Å². The first-order valence-corrected chi connectivity index (χ1v) is 5.94. The quantitative estimate of drug-likeness (QED) is 0.536. The van der Waals surface area contributed by atoms with E-state index in [2.05, 4.69) is 10.6 Å². The van der Waals surface area contributed by atoms with E-state index in [1.807, 2.05) is 30.3 Å². The van der Waals surface area contributed by atoms with Crippen molar-refractivity contribution in [3.8, 4) is 0 Å². The zero-order chi connectivity index (χ0) is 13.9. The summed E-state index contributed by atoms with van der Waals surface area (Å²) in [6.45, 7) is 0.483. The second-order valence-electron chi connectivity index (χ2n) is 3.92. The van der Waals surface area contributed by atoms with Crippen LogP contribution < -0.4 is 10.6 Å². The number of allylic oxidation sites excluding steroid dienone is 1. The lowest BCUT2D eigenvalue weighted by atomic mass is 10.2. The van der Waals surface area contributed by atoms with Crippen LogP contribution in [0.1, 0.15) is 24.8 Å². The summed E-state index contributed by atoms with van der Waals surface area (Å²) in [5.41, 5.74) is 1.15. The van der Waals surface area contributed by atoms with E-state index < -0.39 is 0 Å². The third-order valence-corrected chi connectivity index (χ3v) is 2.49. The van der Waals surface area contributed by atoms with E-state index in [0.717, 1.165) is 5.56 Å². The maximum atomic E-state index is 11.5. The predicted octanol–water partition coefficient (Wildman–Crippen LogP) is 0.845. The highest BCUT2D eigenvalue weighted by atomic mass is 16.1. The van der Waals surface area contributed by atoms with Gasteiger partial charge in [-0.3, -0.25) is 9.59 Å². The topological polar surface area (TPSA) is 75.3 Å². The molecular formula is C14H15N2O3. The van der Waals surface area contributed by atoms with Gasteiger partial charge >= 0.3 is 6.41 Å². The number of amides is 2. The predicted molar refractivity (Wildman–Crippen MR) is 70.2 cm³/mol. The number of nitrogens with one attached hydrogen (secondary N) is 2. The molecule has 0 fully saturated rings. The van der Waals surface area contributed by atoms with E-state index in [1.54, 1.807) is 5.94 Å². The van der Waals surface area contributed by atoms with Gasteiger partial charge in [-0.1, -0.05) is 30.3 Å². The molecule has 19 heavy (non-hydrogen) atoms. The molecule has 1 rings (SSSR count). The first-order chi connectivity index (χ1) is 9.26. The molecule has 99 valence electrons. The summed E-state index contributed by atoms with van der Waals surface area (Å²) in [5, 5.41) is 4.90. The van der Waals surface area contributed by atoms with Gasteiger partial charge in [0.15, 0.2) is 0 Å². The second kappa shape index (κ2) is 8.66. The highest BCUT2D eigenvalue weighted by molar-refractivity contribution is 5.75. The fourth-order valence-electron chi connectivity index (χ4n) is 1.51. The van der Waals surface area contributed by atoms with Gasteiger partial charge in [0, 0.05) is 13.0 Å². The third kappa shape index (κ3) is 6.19. The van der Waals surface area contributed by atoms with Gasteiger partial charge in [0.2, 0.25) is 5.91 Å². The lowest BCUT2D eigenvalue weighted by molar-refractivity contribution is -0.121. The van der Waals surface area contributed by atoms with Crippen LogP contribution in [0.4, 0.5) is 0 Å². The van der Waals surface area contributed by atoms with Crippen molar-refractivity contribution in [1.29, 1.82) is 0 Å². The van der Waals surface area contributed by atoms with Gasteiger partial charge in [-0.05, 0) is 18.4 Å². The van der Waals surface area contributed by atoms with E-state index in [0.29, 0.717) is 25.8 Å². The summed E-state index contributed by atoms with van der Waals surface area (Å²) in [6.07, 6.45) is 2.47. The monoisotopic (exact) mass is 259 g/mol. The largest absolute Gasteiger partial charge is 0.352 e.